The van der Waals surface area contributed by atoms with Crippen molar-refractivity contribution in [1.82, 2.24) is 9.80 Å². The van der Waals surface area contributed by atoms with Crippen molar-refractivity contribution in [2.75, 3.05) is 20.1 Å². The topological polar surface area (TPSA) is 49.9 Å². The van der Waals surface area contributed by atoms with Gasteiger partial charge in [0.25, 0.3) is 5.91 Å². The van der Waals surface area contributed by atoms with Crippen LogP contribution in [0.4, 0.5) is 4.79 Å². The maximum Gasteiger partial charge on any atom is 0.410 e. The zero-order valence-corrected chi connectivity index (χ0v) is 17.4. The number of piperidine rings is 1. The van der Waals surface area contributed by atoms with Crippen molar-refractivity contribution >= 4 is 39.5 Å². The number of likely N-dealkylation sites (tertiary alicyclic amines) is 1. The first kappa shape index (κ1) is 20.0. The number of nitrogens with zero attached hydrogens (tertiary/aromatic N) is 2. The molecule has 1 aromatic rings. The van der Waals surface area contributed by atoms with Gasteiger partial charge in [-0.05, 0) is 61.7 Å². The lowest BCUT2D eigenvalue weighted by Gasteiger charge is -2.37. The molecule has 1 fully saturated rings. The summed E-state index contributed by atoms with van der Waals surface area (Å²) >= 11 is 9.45. The first-order valence-electron chi connectivity index (χ1n) is 8.29. The van der Waals surface area contributed by atoms with Crippen molar-refractivity contribution in [2.24, 2.45) is 0 Å². The maximum absolute atomic E-state index is 12.7. The summed E-state index contributed by atoms with van der Waals surface area (Å²) in [4.78, 5) is 28.3. The molecule has 2 amide bonds. The number of rotatable bonds is 2. The number of hydrogen-bond acceptors (Lipinski definition) is 3. The van der Waals surface area contributed by atoms with Gasteiger partial charge in [-0.25, -0.2) is 4.79 Å². The van der Waals surface area contributed by atoms with E-state index in [1.807, 2.05) is 20.8 Å². The van der Waals surface area contributed by atoms with Crippen molar-refractivity contribution in [3.05, 3.63) is 33.3 Å². The van der Waals surface area contributed by atoms with E-state index in [1.165, 1.54) is 0 Å². The number of benzene rings is 1. The zero-order valence-electron chi connectivity index (χ0n) is 15.0. The standard InChI is InChI=1S/C18H24BrClN2O3/c1-18(2,3)25-17(24)21(4)12-8-10-22(11-9-12)16(23)13-6-5-7-14(20)15(13)19/h5-7,12H,8-11H2,1-4H3. The second kappa shape index (κ2) is 7.96. The molecule has 0 aliphatic carbocycles. The fraction of sp³-hybridized carbons (Fsp3) is 0.556. The molecule has 7 heteroatoms. The monoisotopic (exact) mass is 430 g/mol. The summed E-state index contributed by atoms with van der Waals surface area (Å²) in [5, 5.41) is 0.519. The lowest BCUT2D eigenvalue weighted by atomic mass is 10.0. The number of carbonyl (C=O) groups is 2. The molecule has 0 spiro atoms. The summed E-state index contributed by atoms with van der Waals surface area (Å²) in [6.45, 7) is 6.74. The maximum atomic E-state index is 12.7. The smallest absolute Gasteiger partial charge is 0.410 e. The third kappa shape index (κ3) is 5.11. The average Bonchev–Trinajstić information content (AvgIpc) is 2.54. The van der Waals surface area contributed by atoms with Gasteiger partial charge in [-0.15, -0.1) is 0 Å². The third-order valence-corrected chi connectivity index (χ3v) is 5.56. The molecule has 1 saturated heterocycles. The van der Waals surface area contributed by atoms with E-state index >= 15 is 0 Å². The van der Waals surface area contributed by atoms with E-state index < -0.39 is 5.60 Å². The third-order valence-electron chi connectivity index (χ3n) is 4.16. The van der Waals surface area contributed by atoms with E-state index in [2.05, 4.69) is 15.9 Å². The molecule has 0 bridgehead atoms. The number of halogens is 2. The molecule has 25 heavy (non-hydrogen) atoms. The van der Waals surface area contributed by atoms with Gasteiger partial charge in [0.15, 0.2) is 0 Å². The highest BCUT2D eigenvalue weighted by molar-refractivity contribution is 9.10. The van der Waals surface area contributed by atoms with Crippen LogP contribution in [0.1, 0.15) is 44.0 Å². The minimum absolute atomic E-state index is 0.0484. The van der Waals surface area contributed by atoms with Gasteiger partial charge in [0.1, 0.15) is 5.60 Å². The fourth-order valence-electron chi connectivity index (χ4n) is 2.78. The van der Waals surface area contributed by atoms with Crippen LogP contribution in [0.15, 0.2) is 22.7 Å². The highest BCUT2D eigenvalue weighted by Crippen LogP contribution is 2.28. The quantitative estimate of drug-likeness (QED) is 0.689. The van der Waals surface area contributed by atoms with Crippen LogP contribution in [-0.4, -0.2) is 53.6 Å². The SMILES string of the molecule is CN(C(=O)OC(C)(C)C)C1CCN(C(=O)c2cccc(Cl)c2Br)CC1. The van der Waals surface area contributed by atoms with Crippen molar-refractivity contribution in [2.45, 2.75) is 45.3 Å². The molecule has 5 nitrogen and oxygen atoms in total. The molecule has 0 aromatic heterocycles. The molecule has 1 heterocycles. The predicted molar refractivity (Wildman–Crippen MR) is 102 cm³/mol. The fourth-order valence-corrected chi connectivity index (χ4v) is 3.39. The Hall–Kier alpha value is -1.27. The van der Waals surface area contributed by atoms with Gasteiger partial charge in [0, 0.05) is 30.7 Å². The van der Waals surface area contributed by atoms with E-state index in [1.54, 1.807) is 35.0 Å². The van der Waals surface area contributed by atoms with E-state index in [4.69, 9.17) is 16.3 Å². The summed E-state index contributed by atoms with van der Waals surface area (Å²) in [6, 6.07) is 5.34. The van der Waals surface area contributed by atoms with Gasteiger partial charge in [-0.3, -0.25) is 4.79 Å². The van der Waals surface area contributed by atoms with Gasteiger partial charge in [0.05, 0.1) is 10.6 Å². The van der Waals surface area contributed by atoms with Gasteiger partial charge in [-0.2, -0.15) is 0 Å². The molecule has 0 N–H and O–H groups in total. The second-order valence-electron chi connectivity index (χ2n) is 7.22. The van der Waals surface area contributed by atoms with E-state index in [0.717, 1.165) is 12.8 Å². The molecular formula is C18H24BrClN2O3. The Kier molecular flexibility index (Phi) is 6.38. The van der Waals surface area contributed by atoms with E-state index in [9.17, 15) is 9.59 Å². The number of ether oxygens (including phenoxy) is 1. The minimum Gasteiger partial charge on any atom is -0.444 e. The van der Waals surface area contributed by atoms with Crippen molar-refractivity contribution < 1.29 is 14.3 Å². The lowest BCUT2D eigenvalue weighted by Crippen LogP contribution is -2.48. The molecule has 138 valence electrons. The Bertz CT molecular complexity index is 652. The average molecular weight is 432 g/mol. The number of carbonyl (C=O) groups excluding carboxylic acids is 2. The first-order valence-corrected chi connectivity index (χ1v) is 9.46. The molecule has 1 aliphatic heterocycles. The van der Waals surface area contributed by atoms with Gasteiger partial charge in [0.2, 0.25) is 0 Å². The molecule has 0 atom stereocenters. The number of hydrogen-bond donors (Lipinski definition) is 0. The summed E-state index contributed by atoms with van der Waals surface area (Å²) < 4.78 is 6.03. The highest BCUT2D eigenvalue weighted by atomic mass is 79.9. The van der Waals surface area contributed by atoms with Crippen LogP contribution in [0, 0.1) is 0 Å². The Morgan fingerprint density at radius 1 is 1.28 bits per heavy atom. The van der Waals surface area contributed by atoms with Crippen LogP contribution >= 0.6 is 27.5 Å². The van der Waals surface area contributed by atoms with Gasteiger partial charge < -0.3 is 14.5 Å². The lowest BCUT2D eigenvalue weighted by molar-refractivity contribution is 0.0156. The first-order chi connectivity index (χ1) is 11.6. The Morgan fingerprint density at radius 3 is 2.44 bits per heavy atom. The highest BCUT2D eigenvalue weighted by Gasteiger charge is 2.30. The summed E-state index contributed by atoms with van der Waals surface area (Å²) in [6.07, 6.45) is 1.12. The molecule has 0 unspecified atom stereocenters. The van der Waals surface area contributed by atoms with E-state index in [-0.39, 0.29) is 18.0 Å². The van der Waals surface area contributed by atoms with Crippen LogP contribution in [0.5, 0.6) is 0 Å². The molecule has 1 aromatic carbocycles. The van der Waals surface area contributed by atoms with Crippen LogP contribution in [-0.2, 0) is 4.74 Å². The minimum atomic E-state index is -0.513. The largest absolute Gasteiger partial charge is 0.444 e. The Balaban J connectivity index is 1.96. The zero-order chi connectivity index (χ0) is 18.8. The van der Waals surface area contributed by atoms with Crippen LogP contribution in [0.3, 0.4) is 0 Å². The number of amides is 2. The molecule has 0 radical (unpaired) electrons. The van der Waals surface area contributed by atoms with Gasteiger partial charge in [-0.1, -0.05) is 17.7 Å². The Labute approximate surface area is 162 Å². The van der Waals surface area contributed by atoms with Crippen LogP contribution in [0.25, 0.3) is 0 Å². The summed E-state index contributed by atoms with van der Waals surface area (Å²) in [5.41, 5.74) is 0.0485. The molecule has 0 saturated carbocycles. The normalized spacial score (nSPS) is 15.8. The van der Waals surface area contributed by atoms with E-state index in [0.29, 0.717) is 28.1 Å². The van der Waals surface area contributed by atoms with Crippen molar-refractivity contribution in [1.29, 1.82) is 0 Å². The van der Waals surface area contributed by atoms with Crippen molar-refractivity contribution in [3.63, 3.8) is 0 Å². The molecular weight excluding hydrogens is 408 g/mol. The summed E-state index contributed by atoms with van der Waals surface area (Å²) in [7, 11) is 1.75. The van der Waals surface area contributed by atoms with Crippen molar-refractivity contribution in [3.8, 4) is 0 Å². The molecule has 1 aliphatic rings. The molecule has 2 rings (SSSR count). The summed E-state index contributed by atoms with van der Waals surface area (Å²) in [5.74, 6) is -0.0484. The predicted octanol–water partition coefficient (Wildman–Crippen LogP) is 4.57. The second-order valence-corrected chi connectivity index (χ2v) is 8.42. The van der Waals surface area contributed by atoms with Crippen LogP contribution < -0.4 is 0 Å². The van der Waals surface area contributed by atoms with Crippen LogP contribution in [0.2, 0.25) is 5.02 Å². The van der Waals surface area contributed by atoms with Gasteiger partial charge >= 0.3 is 6.09 Å². The Morgan fingerprint density at radius 2 is 1.88 bits per heavy atom.